The number of rotatable bonds is 8. The average molecular weight is 633 g/mol. The molecule has 0 saturated heterocycles. The summed E-state index contributed by atoms with van der Waals surface area (Å²) in [4.78, 5) is 23.4. The topological polar surface area (TPSA) is 47.3 Å². The molecule has 0 fully saturated rings. The number of carbonyl (C=O) groups is 2. The van der Waals surface area contributed by atoms with E-state index < -0.39 is 5.82 Å². The van der Waals surface area contributed by atoms with Crippen LogP contribution in [0, 0.1) is 22.6 Å². The van der Waals surface area contributed by atoms with E-state index in [0.29, 0.717) is 23.4 Å². The third-order valence-corrected chi connectivity index (χ3v) is 6.93. The second-order valence-electron chi connectivity index (χ2n) is 13.1. The van der Waals surface area contributed by atoms with Gasteiger partial charge in [0.15, 0.2) is 5.76 Å². The van der Waals surface area contributed by atoms with Gasteiger partial charge in [-0.2, -0.15) is 0 Å². The van der Waals surface area contributed by atoms with Crippen molar-refractivity contribution in [3.8, 4) is 0 Å². The smallest absolute Gasteiger partial charge is 0.200 e. The molecule has 1 aromatic heterocycles. The summed E-state index contributed by atoms with van der Waals surface area (Å²) in [6.45, 7) is 30.2. The molecule has 0 spiro atoms. The highest BCUT2D eigenvalue weighted by molar-refractivity contribution is 6.30. The van der Waals surface area contributed by atoms with Crippen molar-refractivity contribution < 1.29 is 18.4 Å². The van der Waals surface area contributed by atoms with Crippen molar-refractivity contribution in [1.29, 1.82) is 0 Å². The Morgan fingerprint density at radius 3 is 1.82 bits per heavy atom. The monoisotopic (exact) mass is 632 g/mol. The minimum absolute atomic E-state index is 0.0128. The van der Waals surface area contributed by atoms with Crippen LogP contribution in [0.25, 0.3) is 17.2 Å². The maximum Gasteiger partial charge on any atom is 0.200 e. The van der Waals surface area contributed by atoms with Gasteiger partial charge in [0.2, 0.25) is 5.78 Å². The van der Waals surface area contributed by atoms with Crippen molar-refractivity contribution in [1.82, 2.24) is 0 Å². The summed E-state index contributed by atoms with van der Waals surface area (Å²) in [5.41, 5.74) is 2.92. The predicted octanol–water partition coefficient (Wildman–Crippen LogP) is 11.6. The summed E-state index contributed by atoms with van der Waals surface area (Å²) in [5.74, 6) is 0.112. The lowest BCUT2D eigenvalue weighted by atomic mass is 9.84. The minimum atomic E-state index is -0.445. The molecule has 0 aliphatic carbocycles. The van der Waals surface area contributed by atoms with Crippen molar-refractivity contribution in [2.24, 2.45) is 16.7 Å². The standard InChI is InChI=1S/C26H32ClFO2.C7H14O.C4H10.C2H6/c1-8-9-10-19-15-23(24(29)16(2)3)30-25(19)20(26(5,6)7)13-17(4)18-11-12-21(27)22(28)14-18;1-5-6(8)7(2,3)4;1-3-4-2;1-2/h10-16H,8-9H2,1-7H3;5H2,1-4H3;3-4H2,1-2H3;1-2H3/b17-13+,19-10+,25-20-;;;. The third kappa shape index (κ3) is 15.5. The molecule has 0 atom stereocenters. The lowest BCUT2D eigenvalue weighted by Gasteiger charge is -2.20. The molecule has 0 amide bonds. The first-order valence-corrected chi connectivity index (χ1v) is 16.8. The lowest BCUT2D eigenvalue weighted by molar-refractivity contribution is -0.125. The minimum Gasteiger partial charge on any atom is -0.453 e. The average Bonchev–Trinajstić information content (AvgIpc) is 3.38. The molecule has 2 rings (SSSR count). The summed E-state index contributed by atoms with van der Waals surface area (Å²) in [6, 6.07) is 6.66. The molecule has 0 bridgehead atoms. The number of carbonyl (C=O) groups excluding carboxylic acids is 2. The second kappa shape index (κ2) is 21.3. The molecule has 0 unspecified atom stereocenters. The number of benzene rings is 1. The fourth-order valence-electron chi connectivity index (χ4n) is 3.67. The van der Waals surface area contributed by atoms with Crippen LogP contribution in [-0.2, 0) is 4.79 Å². The Balaban J connectivity index is 0. The Hall–Kier alpha value is -2.46. The molecular weight excluding hydrogens is 571 g/mol. The summed E-state index contributed by atoms with van der Waals surface area (Å²) in [5, 5.41) is 1.03. The van der Waals surface area contributed by atoms with Crippen LogP contribution in [0.3, 0.4) is 0 Å². The number of allylic oxidation sites excluding steroid dienone is 2. The van der Waals surface area contributed by atoms with E-state index in [1.807, 2.05) is 74.5 Å². The molecular formula is C39H62ClFO3. The van der Waals surface area contributed by atoms with Crippen LogP contribution in [0.15, 0.2) is 34.8 Å². The van der Waals surface area contributed by atoms with Gasteiger partial charge in [0.1, 0.15) is 17.0 Å². The highest BCUT2D eigenvalue weighted by Gasteiger charge is 2.22. The highest BCUT2D eigenvalue weighted by atomic mass is 35.5. The van der Waals surface area contributed by atoms with E-state index in [2.05, 4.69) is 47.6 Å². The molecule has 44 heavy (non-hydrogen) atoms. The van der Waals surface area contributed by atoms with E-state index >= 15 is 0 Å². The second-order valence-corrected chi connectivity index (χ2v) is 13.5. The van der Waals surface area contributed by atoms with E-state index in [4.69, 9.17) is 16.0 Å². The first-order valence-electron chi connectivity index (χ1n) is 16.4. The summed E-state index contributed by atoms with van der Waals surface area (Å²) >= 11 is 5.84. The predicted molar refractivity (Wildman–Crippen MR) is 191 cm³/mol. The van der Waals surface area contributed by atoms with Crippen LogP contribution in [0.4, 0.5) is 4.39 Å². The fraction of sp³-hybridized carbons (Fsp3) is 0.590. The van der Waals surface area contributed by atoms with Gasteiger partial charge < -0.3 is 4.42 Å². The fourth-order valence-corrected chi connectivity index (χ4v) is 3.78. The number of unbranched alkanes of at least 4 members (excludes halogenated alkanes) is 2. The molecule has 1 heterocycles. The van der Waals surface area contributed by atoms with Crippen molar-refractivity contribution in [3.05, 3.63) is 63.1 Å². The summed E-state index contributed by atoms with van der Waals surface area (Å²) < 4.78 is 20.1. The maximum atomic E-state index is 14.0. The van der Waals surface area contributed by atoms with Crippen molar-refractivity contribution >= 4 is 40.4 Å². The lowest BCUT2D eigenvalue weighted by Crippen LogP contribution is -2.27. The Bertz CT molecular complexity index is 1300. The molecule has 5 heteroatoms. The highest BCUT2D eigenvalue weighted by Crippen LogP contribution is 2.30. The molecule has 0 N–H and O–H groups in total. The zero-order valence-electron chi connectivity index (χ0n) is 30.6. The number of hydrogen-bond acceptors (Lipinski definition) is 3. The largest absolute Gasteiger partial charge is 0.453 e. The van der Waals surface area contributed by atoms with Crippen LogP contribution < -0.4 is 10.6 Å². The van der Waals surface area contributed by atoms with Crippen molar-refractivity contribution in [3.63, 3.8) is 0 Å². The Labute approximate surface area is 274 Å². The van der Waals surface area contributed by atoms with Gasteiger partial charge in [-0.05, 0) is 48.1 Å². The van der Waals surface area contributed by atoms with E-state index in [9.17, 15) is 14.0 Å². The van der Waals surface area contributed by atoms with Gasteiger partial charge in [-0.25, -0.2) is 4.39 Å². The third-order valence-electron chi connectivity index (χ3n) is 6.63. The molecule has 3 nitrogen and oxygen atoms in total. The van der Waals surface area contributed by atoms with Gasteiger partial charge in [-0.3, -0.25) is 9.59 Å². The molecule has 0 aliphatic heterocycles. The van der Waals surface area contributed by atoms with Crippen LogP contribution in [-0.4, -0.2) is 11.6 Å². The van der Waals surface area contributed by atoms with Crippen LogP contribution in [0.1, 0.15) is 152 Å². The van der Waals surface area contributed by atoms with Gasteiger partial charge in [-0.15, -0.1) is 0 Å². The Morgan fingerprint density at radius 2 is 1.45 bits per heavy atom. The Kier molecular flexibility index (Phi) is 21.1. The molecule has 0 radical (unpaired) electrons. The first kappa shape index (κ1) is 43.7. The maximum absolute atomic E-state index is 14.0. The normalized spacial score (nSPS) is 12.8. The zero-order chi connectivity index (χ0) is 34.8. The quantitative estimate of drug-likeness (QED) is 0.272. The number of ketones is 2. The number of Topliss-reactive ketones (excluding diaryl/α,β-unsaturated/α-hetero) is 2. The summed E-state index contributed by atoms with van der Waals surface area (Å²) in [7, 11) is 0. The van der Waals surface area contributed by atoms with E-state index in [1.54, 1.807) is 12.1 Å². The molecule has 250 valence electrons. The van der Waals surface area contributed by atoms with Gasteiger partial charge in [0.05, 0.1) is 5.02 Å². The number of hydrogen-bond donors (Lipinski definition) is 0. The van der Waals surface area contributed by atoms with E-state index in [1.165, 1.54) is 18.9 Å². The Morgan fingerprint density at radius 1 is 0.909 bits per heavy atom. The van der Waals surface area contributed by atoms with Crippen molar-refractivity contribution in [2.45, 2.75) is 136 Å². The van der Waals surface area contributed by atoms with Crippen molar-refractivity contribution in [2.75, 3.05) is 0 Å². The first-order chi connectivity index (χ1) is 20.3. The van der Waals surface area contributed by atoms with Gasteiger partial charge in [0.25, 0.3) is 0 Å². The number of furan rings is 1. The number of halogens is 2. The molecule has 2 aromatic rings. The van der Waals surface area contributed by atoms with Crippen LogP contribution >= 0.6 is 11.6 Å². The molecule has 0 aliphatic rings. The van der Waals surface area contributed by atoms with Crippen LogP contribution in [0.5, 0.6) is 0 Å². The van der Waals surface area contributed by atoms with E-state index in [-0.39, 0.29) is 27.6 Å². The zero-order valence-corrected chi connectivity index (χ0v) is 31.3. The van der Waals surface area contributed by atoms with Gasteiger partial charge >= 0.3 is 0 Å². The summed E-state index contributed by atoms with van der Waals surface area (Å²) in [6.07, 6.45) is 9.33. The molecule has 0 saturated carbocycles. The van der Waals surface area contributed by atoms with E-state index in [0.717, 1.165) is 34.8 Å². The van der Waals surface area contributed by atoms with Gasteiger partial charge in [0, 0.05) is 28.5 Å². The van der Waals surface area contributed by atoms with Gasteiger partial charge in [-0.1, -0.05) is 146 Å². The SMILES string of the molecule is CC.CCC(=O)C(C)(C)C.CCCC.CCC\C=c1/cc(C(=O)C(C)C)o/c1=C(/C=C(\C)c1ccc(Cl)c(F)c1)C(C)(C)C. The molecule has 1 aromatic carbocycles. The van der Waals surface area contributed by atoms with Crippen LogP contribution in [0.2, 0.25) is 5.02 Å².